The Balaban J connectivity index is 3.81. The van der Waals surface area contributed by atoms with Gasteiger partial charge in [-0.25, -0.2) is 9.59 Å². The Hall–Kier alpha value is -2.31. The van der Waals surface area contributed by atoms with Crippen LogP contribution in [0.5, 0.6) is 5.75 Å². The molecule has 0 aromatic carbocycles. The summed E-state index contributed by atoms with van der Waals surface area (Å²) in [5, 5.41) is 0. The van der Waals surface area contributed by atoms with Gasteiger partial charge in [-0.15, -0.1) is 0 Å². The van der Waals surface area contributed by atoms with Crippen molar-refractivity contribution in [3.05, 3.63) is 27.7 Å². The van der Waals surface area contributed by atoms with E-state index in [0.29, 0.717) is 0 Å². The molecule has 7 heteroatoms. The number of hydrogen-bond acceptors (Lipinski definition) is 6. The maximum Gasteiger partial charge on any atom is 0.344 e. The van der Waals surface area contributed by atoms with Crippen molar-refractivity contribution in [2.75, 3.05) is 21.3 Å². The van der Waals surface area contributed by atoms with Gasteiger partial charge in [0.1, 0.15) is 11.1 Å². The number of esters is 2. The van der Waals surface area contributed by atoms with E-state index in [9.17, 15) is 14.4 Å². The molecule has 0 aliphatic heterocycles. The van der Waals surface area contributed by atoms with Crippen LogP contribution in [0.4, 0.5) is 0 Å². The topological polar surface area (TPSA) is 83.8 Å². The second kappa shape index (κ2) is 6.23. The van der Waals surface area contributed by atoms with Crippen LogP contribution in [-0.4, -0.2) is 37.8 Å². The first-order valence-corrected chi connectivity index (χ1v) is 5.88. The van der Waals surface area contributed by atoms with Gasteiger partial charge in [-0.1, -0.05) is 0 Å². The van der Waals surface area contributed by atoms with Crippen molar-refractivity contribution >= 4 is 11.9 Å². The van der Waals surface area contributed by atoms with E-state index in [2.05, 4.69) is 9.47 Å². The fourth-order valence-electron chi connectivity index (χ4n) is 1.74. The summed E-state index contributed by atoms with van der Waals surface area (Å²) >= 11 is 0. The largest absolute Gasteiger partial charge is 0.494 e. The molecule has 0 bridgehead atoms. The summed E-state index contributed by atoms with van der Waals surface area (Å²) in [6.07, 6.45) is 1.37. The monoisotopic (exact) mass is 283 g/mol. The predicted octanol–water partition coefficient (Wildman–Crippen LogP) is 1.01. The van der Waals surface area contributed by atoms with Crippen molar-refractivity contribution < 1.29 is 23.8 Å². The molecule has 0 atom stereocenters. The Morgan fingerprint density at radius 1 is 1.05 bits per heavy atom. The van der Waals surface area contributed by atoms with Crippen LogP contribution in [0.1, 0.15) is 40.6 Å². The number of hydrogen-bond donors (Lipinski definition) is 0. The fourth-order valence-corrected chi connectivity index (χ4v) is 1.74. The van der Waals surface area contributed by atoms with E-state index in [1.54, 1.807) is 13.8 Å². The summed E-state index contributed by atoms with van der Waals surface area (Å²) in [6, 6.07) is -0.216. The maximum absolute atomic E-state index is 12.3. The molecule has 0 radical (unpaired) electrons. The van der Waals surface area contributed by atoms with Crippen LogP contribution < -0.4 is 10.3 Å². The lowest BCUT2D eigenvalue weighted by atomic mass is 10.1. The number of ether oxygens (including phenoxy) is 3. The average molecular weight is 283 g/mol. The third-order valence-corrected chi connectivity index (χ3v) is 2.76. The van der Waals surface area contributed by atoms with Crippen LogP contribution in [-0.2, 0) is 9.47 Å². The fraction of sp³-hybridized carbons (Fsp3) is 0.462. The van der Waals surface area contributed by atoms with Crippen molar-refractivity contribution in [1.82, 2.24) is 4.57 Å². The van der Waals surface area contributed by atoms with E-state index in [0.717, 1.165) is 14.2 Å². The van der Waals surface area contributed by atoms with Crippen molar-refractivity contribution in [3.8, 4) is 5.75 Å². The molecule has 110 valence electrons. The van der Waals surface area contributed by atoms with Gasteiger partial charge in [0.15, 0.2) is 5.75 Å². The van der Waals surface area contributed by atoms with Crippen LogP contribution in [0, 0.1) is 0 Å². The summed E-state index contributed by atoms with van der Waals surface area (Å²) < 4.78 is 15.5. The van der Waals surface area contributed by atoms with Gasteiger partial charge >= 0.3 is 11.9 Å². The standard InChI is InChI=1S/C13H17NO6/c1-7(2)14-6-8(18-3)9(12(16)19-4)10(11(14)15)13(17)20-5/h6-7H,1-5H3. The molecule has 0 N–H and O–H groups in total. The molecule has 0 aliphatic carbocycles. The highest BCUT2D eigenvalue weighted by Gasteiger charge is 2.29. The molecule has 1 aromatic heterocycles. The lowest BCUT2D eigenvalue weighted by Gasteiger charge is -2.16. The van der Waals surface area contributed by atoms with E-state index < -0.39 is 23.1 Å². The molecule has 0 saturated heterocycles. The Morgan fingerprint density at radius 3 is 1.95 bits per heavy atom. The molecule has 7 nitrogen and oxygen atoms in total. The third-order valence-electron chi connectivity index (χ3n) is 2.76. The smallest absolute Gasteiger partial charge is 0.344 e. The molecule has 0 fully saturated rings. The minimum atomic E-state index is -0.913. The third kappa shape index (κ3) is 2.66. The number of nitrogens with zero attached hydrogens (tertiary/aromatic N) is 1. The normalized spacial score (nSPS) is 10.3. The Bertz CT molecular complexity index is 587. The predicted molar refractivity (Wildman–Crippen MR) is 70.3 cm³/mol. The van der Waals surface area contributed by atoms with Gasteiger partial charge in [0.05, 0.1) is 27.5 Å². The Morgan fingerprint density at radius 2 is 1.55 bits per heavy atom. The highest BCUT2D eigenvalue weighted by molar-refractivity contribution is 6.04. The lowest BCUT2D eigenvalue weighted by Crippen LogP contribution is -2.31. The van der Waals surface area contributed by atoms with Gasteiger partial charge in [0.2, 0.25) is 0 Å². The molecule has 0 spiro atoms. The SMILES string of the molecule is COC(=O)c1c(OC)cn(C(C)C)c(=O)c1C(=O)OC. The first-order chi connectivity index (χ1) is 9.38. The second-order valence-electron chi connectivity index (χ2n) is 4.24. The molecule has 20 heavy (non-hydrogen) atoms. The number of methoxy groups -OCH3 is 3. The average Bonchev–Trinajstić information content (AvgIpc) is 2.44. The molecule has 0 aliphatic rings. The van der Waals surface area contributed by atoms with Crippen LogP contribution in [0.25, 0.3) is 0 Å². The number of carbonyl (C=O) groups excluding carboxylic acids is 2. The van der Waals surface area contributed by atoms with Crippen molar-refractivity contribution in [2.24, 2.45) is 0 Å². The molecule has 0 amide bonds. The van der Waals surface area contributed by atoms with E-state index in [-0.39, 0.29) is 17.4 Å². The minimum absolute atomic E-state index is 0.0746. The summed E-state index contributed by atoms with van der Waals surface area (Å²) in [4.78, 5) is 35.9. The zero-order valence-electron chi connectivity index (χ0n) is 12.1. The van der Waals surface area contributed by atoms with E-state index in [4.69, 9.17) is 4.74 Å². The number of pyridine rings is 1. The highest BCUT2D eigenvalue weighted by atomic mass is 16.5. The Kier molecular flexibility index (Phi) is 4.90. The van der Waals surface area contributed by atoms with Crippen LogP contribution in [0.2, 0.25) is 0 Å². The number of aromatic nitrogens is 1. The molecule has 1 heterocycles. The van der Waals surface area contributed by atoms with E-state index in [1.807, 2.05) is 0 Å². The van der Waals surface area contributed by atoms with Crippen molar-refractivity contribution in [3.63, 3.8) is 0 Å². The summed E-state index contributed by atoms with van der Waals surface area (Å²) in [7, 11) is 3.61. The minimum Gasteiger partial charge on any atom is -0.494 e. The van der Waals surface area contributed by atoms with E-state index in [1.165, 1.54) is 17.9 Å². The zero-order valence-corrected chi connectivity index (χ0v) is 12.1. The van der Waals surface area contributed by atoms with Gasteiger partial charge in [-0.3, -0.25) is 4.79 Å². The lowest BCUT2D eigenvalue weighted by molar-refractivity contribution is 0.0549. The van der Waals surface area contributed by atoms with Crippen molar-refractivity contribution in [2.45, 2.75) is 19.9 Å². The molecular formula is C13H17NO6. The quantitative estimate of drug-likeness (QED) is 0.767. The molecule has 1 aromatic rings. The van der Waals surface area contributed by atoms with E-state index >= 15 is 0 Å². The van der Waals surface area contributed by atoms with Gasteiger partial charge in [0.25, 0.3) is 5.56 Å². The van der Waals surface area contributed by atoms with Gasteiger partial charge in [-0.05, 0) is 13.8 Å². The zero-order chi connectivity index (χ0) is 15.4. The van der Waals surface area contributed by atoms with Gasteiger partial charge in [0, 0.05) is 6.04 Å². The first-order valence-electron chi connectivity index (χ1n) is 5.88. The molecule has 0 unspecified atom stereocenters. The number of carbonyl (C=O) groups is 2. The Labute approximate surface area is 116 Å². The van der Waals surface area contributed by atoms with Gasteiger partial charge < -0.3 is 18.8 Å². The summed E-state index contributed by atoms with van der Waals surface area (Å²) in [6.45, 7) is 3.53. The molecule has 1 rings (SSSR count). The maximum atomic E-state index is 12.3. The van der Waals surface area contributed by atoms with Crippen LogP contribution >= 0.6 is 0 Å². The van der Waals surface area contributed by atoms with Crippen molar-refractivity contribution in [1.29, 1.82) is 0 Å². The summed E-state index contributed by atoms with van der Waals surface area (Å²) in [5.74, 6) is -1.68. The van der Waals surface area contributed by atoms with Gasteiger partial charge in [-0.2, -0.15) is 0 Å². The highest BCUT2D eigenvalue weighted by Crippen LogP contribution is 2.22. The van der Waals surface area contributed by atoms with Crippen LogP contribution in [0.3, 0.4) is 0 Å². The molecular weight excluding hydrogens is 266 g/mol. The number of rotatable bonds is 4. The second-order valence-corrected chi connectivity index (χ2v) is 4.24. The molecule has 0 saturated carbocycles. The first kappa shape index (κ1) is 15.7. The van der Waals surface area contributed by atoms with Crippen LogP contribution in [0.15, 0.2) is 11.0 Å². The summed E-state index contributed by atoms with van der Waals surface area (Å²) in [5.41, 5.74) is -1.26.